The molecule has 1 unspecified atom stereocenters. The van der Waals surface area contributed by atoms with Crippen LogP contribution in [0.3, 0.4) is 0 Å². The molecular weight excluding hydrogens is 360 g/mol. The second kappa shape index (κ2) is 8.63. The number of rotatable bonds is 5. The molecule has 154 valence electrons. The summed E-state index contributed by atoms with van der Waals surface area (Å²) >= 11 is 0. The zero-order valence-corrected chi connectivity index (χ0v) is 17.2. The van der Waals surface area contributed by atoms with Crippen molar-refractivity contribution in [2.45, 2.75) is 71.7 Å². The van der Waals surface area contributed by atoms with Gasteiger partial charge in [-0.25, -0.2) is 4.79 Å². The predicted molar refractivity (Wildman–Crippen MR) is 105 cm³/mol. The van der Waals surface area contributed by atoms with Crippen molar-refractivity contribution in [3.63, 3.8) is 0 Å². The van der Waals surface area contributed by atoms with Gasteiger partial charge in [-0.2, -0.15) is 0 Å². The summed E-state index contributed by atoms with van der Waals surface area (Å²) in [7, 11) is 0. The number of nitrogens with zero attached hydrogens (tertiary/aromatic N) is 1. The van der Waals surface area contributed by atoms with Crippen LogP contribution in [0.4, 0.5) is 4.79 Å². The molecule has 0 aromatic heterocycles. The van der Waals surface area contributed by atoms with Gasteiger partial charge in [-0.05, 0) is 44.2 Å². The van der Waals surface area contributed by atoms with Gasteiger partial charge in [0.05, 0.1) is 6.42 Å². The lowest BCUT2D eigenvalue weighted by atomic mass is 9.90. The molecule has 2 rings (SSSR count). The number of carboxylic acids is 1. The molecule has 7 heteroatoms. The van der Waals surface area contributed by atoms with Gasteiger partial charge in [-0.1, -0.05) is 38.1 Å². The summed E-state index contributed by atoms with van der Waals surface area (Å²) in [5, 5.41) is 12.0. The number of fused-ring (bicyclic) bond motifs is 1. The zero-order valence-electron chi connectivity index (χ0n) is 17.2. The minimum Gasteiger partial charge on any atom is -0.481 e. The highest BCUT2D eigenvalue weighted by Gasteiger charge is 2.37. The third kappa shape index (κ3) is 5.71. The Morgan fingerprint density at radius 1 is 1.21 bits per heavy atom. The normalized spacial score (nSPS) is 17.6. The first-order valence-corrected chi connectivity index (χ1v) is 9.56. The number of carbonyl (C=O) groups excluding carboxylic acids is 2. The fraction of sp³-hybridized carbons (Fsp3) is 0.571. The van der Waals surface area contributed by atoms with E-state index in [2.05, 4.69) is 5.32 Å². The van der Waals surface area contributed by atoms with E-state index in [9.17, 15) is 19.5 Å². The van der Waals surface area contributed by atoms with Crippen LogP contribution in [0, 0.1) is 5.92 Å². The number of amides is 2. The molecule has 0 aliphatic carbocycles. The van der Waals surface area contributed by atoms with Crippen molar-refractivity contribution in [2.75, 3.05) is 0 Å². The number of carbonyl (C=O) groups is 3. The topological polar surface area (TPSA) is 95.9 Å². The molecule has 0 fully saturated rings. The molecule has 2 atom stereocenters. The molecule has 2 amide bonds. The van der Waals surface area contributed by atoms with E-state index in [-0.39, 0.29) is 18.2 Å². The lowest BCUT2D eigenvalue weighted by Gasteiger charge is -2.39. The van der Waals surface area contributed by atoms with Crippen molar-refractivity contribution in [3.8, 4) is 0 Å². The molecule has 1 aliphatic rings. The number of ether oxygens (including phenoxy) is 1. The lowest BCUT2D eigenvalue weighted by molar-refractivity contribution is -0.143. The van der Waals surface area contributed by atoms with Crippen molar-refractivity contribution < 1.29 is 24.2 Å². The van der Waals surface area contributed by atoms with E-state index < -0.39 is 29.7 Å². The Bertz CT molecular complexity index is 739. The largest absolute Gasteiger partial charge is 0.481 e. The van der Waals surface area contributed by atoms with Crippen LogP contribution < -0.4 is 5.32 Å². The molecule has 0 bridgehead atoms. The predicted octanol–water partition coefficient (Wildman–Crippen LogP) is 2.96. The molecule has 28 heavy (non-hydrogen) atoms. The Hall–Kier alpha value is -2.57. The van der Waals surface area contributed by atoms with E-state index in [1.807, 2.05) is 38.1 Å². The second-order valence-corrected chi connectivity index (χ2v) is 8.56. The molecule has 0 saturated carbocycles. The second-order valence-electron chi connectivity index (χ2n) is 8.56. The van der Waals surface area contributed by atoms with E-state index in [1.165, 1.54) is 0 Å². The number of alkyl carbamates (subject to hydrolysis) is 1. The Kier molecular flexibility index (Phi) is 6.69. The third-order valence-electron chi connectivity index (χ3n) is 4.65. The maximum atomic E-state index is 13.3. The molecule has 1 aromatic carbocycles. The van der Waals surface area contributed by atoms with Crippen LogP contribution in [-0.2, 0) is 27.3 Å². The van der Waals surface area contributed by atoms with E-state index in [1.54, 1.807) is 25.7 Å². The number of benzene rings is 1. The van der Waals surface area contributed by atoms with E-state index in [4.69, 9.17) is 4.74 Å². The summed E-state index contributed by atoms with van der Waals surface area (Å²) < 4.78 is 5.29. The Morgan fingerprint density at radius 2 is 1.82 bits per heavy atom. The maximum Gasteiger partial charge on any atom is 0.408 e. The van der Waals surface area contributed by atoms with E-state index >= 15 is 0 Å². The fourth-order valence-electron chi connectivity index (χ4n) is 3.36. The summed E-state index contributed by atoms with van der Waals surface area (Å²) in [5.74, 6) is -1.42. The maximum absolute atomic E-state index is 13.3. The van der Waals surface area contributed by atoms with Crippen molar-refractivity contribution in [1.29, 1.82) is 0 Å². The van der Waals surface area contributed by atoms with Crippen molar-refractivity contribution in [2.24, 2.45) is 5.92 Å². The molecule has 0 spiro atoms. The van der Waals surface area contributed by atoms with Crippen LogP contribution in [0.5, 0.6) is 0 Å². The zero-order chi connectivity index (χ0) is 21.1. The summed E-state index contributed by atoms with van der Waals surface area (Å²) in [6.45, 7) is 9.26. The van der Waals surface area contributed by atoms with Gasteiger partial charge in [0.1, 0.15) is 11.6 Å². The summed E-state index contributed by atoms with van der Waals surface area (Å²) in [6, 6.07) is 6.47. The molecular formula is C21H30N2O5. The Labute approximate surface area is 166 Å². The average Bonchev–Trinajstić information content (AvgIpc) is 2.56. The molecule has 0 radical (unpaired) electrons. The summed E-state index contributed by atoms with van der Waals surface area (Å²) in [4.78, 5) is 38.5. The molecule has 7 nitrogen and oxygen atoms in total. The van der Waals surface area contributed by atoms with Gasteiger partial charge in [0.2, 0.25) is 5.91 Å². The van der Waals surface area contributed by atoms with Crippen LogP contribution in [-0.4, -0.2) is 45.7 Å². The lowest BCUT2D eigenvalue weighted by Crippen LogP contribution is -2.56. The van der Waals surface area contributed by atoms with Crippen LogP contribution in [0.25, 0.3) is 0 Å². The number of nitrogens with one attached hydrogen (secondary N) is 1. The monoisotopic (exact) mass is 390 g/mol. The average molecular weight is 390 g/mol. The highest BCUT2D eigenvalue weighted by Crippen LogP contribution is 2.26. The van der Waals surface area contributed by atoms with E-state index in [0.717, 1.165) is 11.1 Å². The SMILES string of the molecule is CC(C)C(NC(=O)OC(C)(C)C)C(=O)N1Cc2ccccc2C[C@@H]1CC(=O)O. The van der Waals surface area contributed by atoms with Crippen LogP contribution in [0.15, 0.2) is 24.3 Å². The Morgan fingerprint density at radius 3 is 2.36 bits per heavy atom. The van der Waals surface area contributed by atoms with Gasteiger partial charge in [0, 0.05) is 12.6 Å². The van der Waals surface area contributed by atoms with Crippen LogP contribution in [0.2, 0.25) is 0 Å². The van der Waals surface area contributed by atoms with Gasteiger partial charge >= 0.3 is 12.1 Å². The van der Waals surface area contributed by atoms with Gasteiger partial charge < -0.3 is 20.1 Å². The summed E-state index contributed by atoms with van der Waals surface area (Å²) in [6.07, 6.45) is -0.324. The molecule has 1 aromatic rings. The fourth-order valence-corrected chi connectivity index (χ4v) is 3.36. The first kappa shape index (κ1) is 21.7. The van der Waals surface area contributed by atoms with Gasteiger partial charge in [0.15, 0.2) is 0 Å². The molecule has 1 heterocycles. The minimum absolute atomic E-state index is 0.142. The smallest absolute Gasteiger partial charge is 0.408 e. The number of carboxylic acid groups (broad SMARTS) is 1. The van der Waals surface area contributed by atoms with Gasteiger partial charge in [0.25, 0.3) is 0 Å². The van der Waals surface area contributed by atoms with Crippen molar-refractivity contribution >= 4 is 18.0 Å². The summed E-state index contributed by atoms with van der Waals surface area (Å²) in [5.41, 5.74) is 1.38. The molecule has 2 N–H and O–H groups in total. The third-order valence-corrected chi connectivity index (χ3v) is 4.65. The first-order chi connectivity index (χ1) is 13.0. The number of hydrogen-bond acceptors (Lipinski definition) is 4. The standard InChI is InChI=1S/C21H30N2O5/c1-13(2)18(22-20(27)28-21(3,4)5)19(26)23-12-15-9-7-6-8-14(15)10-16(23)11-17(24)25/h6-9,13,16,18H,10-12H2,1-5H3,(H,22,27)(H,24,25)/t16-,18?/m1/s1. The quantitative estimate of drug-likeness (QED) is 0.806. The van der Waals surface area contributed by atoms with E-state index in [0.29, 0.717) is 13.0 Å². The van der Waals surface area contributed by atoms with Crippen molar-refractivity contribution in [3.05, 3.63) is 35.4 Å². The molecule has 0 saturated heterocycles. The molecule has 1 aliphatic heterocycles. The highest BCUT2D eigenvalue weighted by molar-refractivity contribution is 5.87. The van der Waals surface area contributed by atoms with Gasteiger partial charge in [-0.3, -0.25) is 9.59 Å². The first-order valence-electron chi connectivity index (χ1n) is 9.56. The number of hydrogen-bond donors (Lipinski definition) is 2. The van der Waals surface area contributed by atoms with Gasteiger partial charge in [-0.15, -0.1) is 0 Å². The Balaban J connectivity index is 2.25. The van der Waals surface area contributed by atoms with Crippen LogP contribution >= 0.6 is 0 Å². The number of aliphatic carboxylic acids is 1. The highest BCUT2D eigenvalue weighted by atomic mass is 16.6. The van der Waals surface area contributed by atoms with Crippen LogP contribution in [0.1, 0.15) is 52.2 Å². The van der Waals surface area contributed by atoms with Crippen molar-refractivity contribution in [1.82, 2.24) is 10.2 Å². The minimum atomic E-state index is -0.955.